The zero-order valence-corrected chi connectivity index (χ0v) is 13.0. The highest BCUT2D eigenvalue weighted by atomic mass is 15.2. The molecule has 1 saturated carbocycles. The summed E-state index contributed by atoms with van der Waals surface area (Å²) in [6.07, 6.45) is 8.23. The molecule has 3 atom stereocenters. The Bertz CT molecular complexity index is 205. The van der Waals surface area contributed by atoms with Crippen LogP contribution in [0.1, 0.15) is 66.2 Å². The third kappa shape index (κ3) is 4.55. The molecule has 0 aromatic heterocycles. The molecule has 1 aliphatic rings. The van der Waals surface area contributed by atoms with Crippen LogP contribution in [0.5, 0.6) is 0 Å². The second-order valence-electron chi connectivity index (χ2n) is 5.80. The summed E-state index contributed by atoms with van der Waals surface area (Å²) in [7, 11) is 0. The molecular weight excluding hydrogens is 220 g/mol. The Hall–Kier alpha value is -0.0800. The van der Waals surface area contributed by atoms with Crippen molar-refractivity contribution in [1.29, 1.82) is 0 Å². The summed E-state index contributed by atoms with van der Waals surface area (Å²) >= 11 is 0. The predicted octanol–water partition coefficient (Wildman–Crippen LogP) is 3.67. The molecule has 0 amide bonds. The normalized spacial score (nSPS) is 28.8. The Balaban J connectivity index is 2.62. The topological polar surface area (TPSA) is 15.3 Å². The highest BCUT2D eigenvalue weighted by Crippen LogP contribution is 2.30. The highest BCUT2D eigenvalue weighted by Gasteiger charge is 2.32. The number of unbranched alkanes of at least 4 members (excludes halogenated alkanes) is 1. The van der Waals surface area contributed by atoms with Gasteiger partial charge in [0.25, 0.3) is 0 Å². The van der Waals surface area contributed by atoms with Crippen LogP contribution in [0.15, 0.2) is 0 Å². The third-order valence-electron chi connectivity index (χ3n) is 4.64. The quantitative estimate of drug-likeness (QED) is 0.711. The Kier molecular flexibility index (Phi) is 7.92. The van der Waals surface area contributed by atoms with E-state index in [4.69, 9.17) is 0 Å². The maximum atomic E-state index is 3.73. The first-order valence-electron chi connectivity index (χ1n) is 8.24. The van der Waals surface area contributed by atoms with E-state index in [9.17, 15) is 0 Å². The monoisotopic (exact) mass is 254 g/mol. The second-order valence-corrected chi connectivity index (χ2v) is 5.80. The van der Waals surface area contributed by atoms with E-state index in [-0.39, 0.29) is 0 Å². The number of nitrogens with zero attached hydrogens (tertiary/aromatic N) is 1. The molecule has 18 heavy (non-hydrogen) atoms. The molecule has 1 aliphatic carbocycles. The molecule has 1 rings (SSSR count). The van der Waals surface area contributed by atoms with E-state index in [0.29, 0.717) is 0 Å². The van der Waals surface area contributed by atoms with E-state index in [1.54, 1.807) is 0 Å². The van der Waals surface area contributed by atoms with Gasteiger partial charge in [0, 0.05) is 12.1 Å². The third-order valence-corrected chi connectivity index (χ3v) is 4.64. The van der Waals surface area contributed by atoms with Crippen LogP contribution < -0.4 is 5.32 Å². The molecule has 0 spiro atoms. The summed E-state index contributed by atoms with van der Waals surface area (Å²) in [5.41, 5.74) is 0. The van der Waals surface area contributed by atoms with E-state index in [2.05, 4.69) is 37.9 Å². The molecule has 2 nitrogen and oxygen atoms in total. The number of rotatable bonds is 8. The van der Waals surface area contributed by atoms with Crippen LogP contribution in [0.2, 0.25) is 0 Å². The Labute approximate surface area is 115 Å². The molecule has 0 bridgehead atoms. The van der Waals surface area contributed by atoms with Crippen LogP contribution in [0, 0.1) is 5.92 Å². The van der Waals surface area contributed by atoms with Crippen molar-refractivity contribution in [2.45, 2.75) is 78.3 Å². The molecule has 2 heteroatoms. The zero-order chi connectivity index (χ0) is 13.4. The fourth-order valence-corrected chi connectivity index (χ4v) is 3.43. The van der Waals surface area contributed by atoms with E-state index >= 15 is 0 Å². The summed E-state index contributed by atoms with van der Waals surface area (Å²) in [4.78, 5) is 2.73. The minimum Gasteiger partial charge on any atom is -0.313 e. The summed E-state index contributed by atoms with van der Waals surface area (Å²) in [5.74, 6) is 0.959. The average molecular weight is 254 g/mol. The van der Waals surface area contributed by atoms with Gasteiger partial charge in [0.1, 0.15) is 0 Å². The van der Waals surface area contributed by atoms with Gasteiger partial charge in [-0.2, -0.15) is 0 Å². The Morgan fingerprint density at radius 2 is 1.89 bits per heavy atom. The number of hydrogen-bond acceptors (Lipinski definition) is 2. The summed E-state index contributed by atoms with van der Waals surface area (Å²) in [5, 5.41) is 3.73. The van der Waals surface area contributed by atoms with Gasteiger partial charge < -0.3 is 5.32 Å². The first-order valence-corrected chi connectivity index (χ1v) is 8.24. The first-order chi connectivity index (χ1) is 8.76. The predicted molar refractivity (Wildman–Crippen MR) is 81.0 cm³/mol. The Morgan fingerprint density at radius 1 is 1.11 bits per heavy atom. The molecule has 0 aromatic carbocycles. The zero-order valence-electron chi connectivity index (χ0n) is 13.0. The smallest absolute Gasteiger partial charge is 0.0251 e. The van der Waals surface area contributed by atoms with Gasteiger partial charge in [0.05, 0.1) is 0 Å². The minimum absolute atomic E-state index is 0.731. The number of hydrogen-bond donors (Lipinski definition) is 1. The van der Waals surface area contributed by atoms with Crippen molar-refractivity contribution in [2.24, 2.45) is 5.92 Å². The van der Waals surface area contributed by atoms with Gasteiger partial charge in [-0.15, -0.1) is 0 Å². The molecule has 0 aliphatic heterocycles. The maximum absolute atomic E-state index is 3.73. The minimum atomic E-state index is 0.731. The van der Waals surface area contributed by atoms with Crippen molar-refractivity contribution in [3.8, 4) is 0 Å². The van der Waals surface area contributed by atoms with Gasteiger partial charge in [-0.3, -0.25) is 4.90 Å². The van der Waals surface area contributed by atoms with Gasteiger partial charge >= 0.3 is 0 Å². The van der Waals surface area contributed by atoms with Crippen LogP contribution >= 0.6 is 0 Å². The van der Waals surface area contributed by atoms with Gasteiger partial charge in [0.2, 0.25) is 0 Å². The summed E-state index contributed by atoms with van der Waals surface area (Å²) < 4.78 is 0. The maximum Gasteiger partial charge on any atom is 0.0251 e. The lowest BCUT2D eigenvalue weighted by atomic mass is 9.80. The lowest BCUT2D eigenvalue weighted by molar-refractivity contribution is 0.0991. The largest absolute Gasteiger partial charge is 0.313 e. The fraction of sp³-hybridized carbons (Fsp3) is 1.00. The molecule has 3 unspecified atom stereocenters. The van der Waals surface area contributed by atoms with E-state index in [1.165, 1.54) is 51.6 Å². The summed E-state index contributed by atoms with van der Waals surface area (Å²) in [6.45, 7) is 12.8. The first kappa shape index (κ1) is 16.0. The van der Waals surface area contributed by atoms with Crippen molar-refractivity contribution < 1.29 is 0 Å². The second kappa shape index (κ2) is 8.92. The molecule has 1 fully saturated rings. The van der Waals surface area contributed by atoms with Crippen LogP contribution in [-0.2, 0) is 0 Å². The average Bonchev–Trinajstić information content (AvgIpc) is 2.41. The van der Waals surface area contributed by atoms with Crippen LogP contribution in [-0.4, -0.2) is 36.6 Å². The fourth-order valence-electron chi connectivity index (χ4n) is 3.43. The van der Waals surface area contributed by atoms with Gasteiger partial charge in [-0.25, -0.2) is 0 Å². The molecule has 0 saturated heterocycles. The van der Waals surface area contributed by atoms with Gasteiger partial charge in [-0.05, 0) is 51.2 Å². The number of likely N-dealkylation sites (N-methyl/N-ethyl adjacent to an activating group) is 2. The molecule has 0 heterocycles. The van der Waals surface area contributed by atoms with Gasteiger partial charge in [0.15, 0.2) is 0 Å². The number of nitrogens with one attached hydrogen (secondary N) is 1. The van der Waals surface area contributed by atoms with Crippen LogP contribution in [0.4, 0.5) is 0 Å². The molecule has 1 N–H and O–H groups in total. The highest BCUT2D eigenvalue weighted by molar-refractivity contribution is 4.90. The SMILES string of the molecule is CCCCN(CC)C1CC(CC)CCC1NCC. The van der Waals surface area contributed by atoms with Crippen molar-refractivity contribution >= 4 is 0 Å². The van der Waals surface area contributed by atoms with Gasteiger partial charge in [-0.1, -0.05) is 40.5 Å². The van der Waals surface area contributed by atoms with Crippen molar-refractivity contribution in [3.63, 3.8) is 0 Å². The van der Waals surface area contributed by atoms with E-state index < -0.39 is 0 Å². The Morgan fingerprint density at radius 3 is 2.44 bits per heavy atom. The molecule has 108 valence electrons. The summed E-state index contributed by atoms with van der Waals surface area (Å²) in [6, 6.07) is 1.51. The lowest BCUT2D eigenvalue weighted by Crippen LogP contribution is -2.53. The lowest BCUT2D eigenvalue weighted by Gasteiger charge is -2.43. The van der Waals surface area contributed by atoms with Crippen LogP contribution in [0.25, 0.3) is 0 Å². The molecular formula is C16H34N2. The van der Waals surface area contributed by atoms with Crippen molar-refractivity contribution in [3.05, 3.63) is 0 Å². The molecule has 0 radical (unpaired) electrons. The van der Waals surface area contributed by atoms with Crippen molar-refractivity contribution in [2.75, 3.05) is 19.6 Å². The standard InChI is InChI=1S/C16H34N2/c1-5-9-12-18(8-4)16-13-14(6-2)10-11-15(16)17-7-3/h14-17H,5-13H2,1-4H3. The molecule has 0 aromatic rings. The van der Waals surface area contributed by atoms with E-state index in [1.807, 2.05) is 0 Å². The van der Waals surface area contributed by atoms with Crippen LogP contribution in [0.3, 0.4) is 0 Å². The van der Waals surface area contributed by atoms with E-state index in [0.717, 1.165) is 24.5 Å². The van der Waals surface area contributed by atoms with Crippen molar-refractivity contribution in [1.82, 2.24) is 10.2 Å².